The maximum Gasteiger partial charge on any atom is 0.264 e. The second-order valence-corrected chi connectivity index (χ2v) is 9.40. The fourth-order valence-corrected chi connectivity index (χ4v) is 5.61. The van der Waals surface area contributed by atoms with Gasteiger partial charge in [0, 0.05) is 38.9 Å². The van der Waals surface area contributed by atoms with Gasteiger partial charge in [0.05, 0.1) is 11.3 Å². The summed E-state index contributed by atoms with van der Waals surface area (Å²) in [6.07, 6.45) is 6.13. The van der Waals surface area contributed by atoms with Gasteiger partial charge in [-0.15, -0.1) is 0 Å². The SMILES string of the molecule is O=C1c2c(nc(N3CCN(C(=S)NCc4ccccc4)CC3)c3c2CCCC3)-c2cccn21. The van der Waals surface area contributed by atoms with Crippen molar-refractivity contribution in [2.75, 3.05) is 31.1 Å². The average Bonchev–Trinajstić information content (AvgIpc) is 3.46. The Morgan fingerprint density at radius 1 is 0.970 bits per heavy atom. The summed E-state index contributed by atoms with van der Waals surface area (Å²) < 4.78 is 1.76. The fraction of sp³-hybridized carbons (Fsp3) is 0.346. The number of fused-ring (bicyclic) bond motifs is 5. The van der Waals surface area contributed by atoms with E-state index in [9.17, 15) is 4.79 Å². The number of piperazine rings is 1. The number of rotatable bonds is 3. The van der Waals surface area contributed by atoms with E-state index in [4.69, 9.17) is 17.2 Å². The van der Waals surface area contributed by atoms with Crippen molar-refractivity contribution < 1.29 is 4.79 Å². The van der Waals surface area contributed by atoms with Crippen LogP contribution in [0.4, 0.5) is 5.82 Å². The first-order valence-electron chi connectivity index (χ1n) is 11.8. The molecule has 0 amide bonds. The highest BCUT2D eigenvalue weighted by Crippen LogP contribution is 2.40. The van der Waals surface area contributed by atoms with Crippen LogP contribution in [0.1, 0.15) is 39.9 Å². The molecule has 2 aromatic heterocycles. The van der Waals surface area contributed by atoms with Gasteiger partial charge in [0.15, 0.2) is 5.11 Å². The van der Waals surface area contributed by atoms with Crippen molar-refractivity contribution in [3.05, 3.63) is 70.9 Å². The van der Waals surface area contributed by atoms with E-state index in [1.54, 1.807) is 4.57 Å². The van der Waals surface area contributed by atoms with E-state index in [1.165, 1.54) is 16.7 Å². The summed E-state index contributed by atoms with van der Waals surface area (Å²) in [4.78, 5) is 22.8. The molecule has 1 fully saturated rings. The van der Waals surface area contributed by atoms with Crippen molar-refractivity contribution in [1.29, 1.82) is 0 Å². The van der Waals surface area contributed by atoms with E-state index in [1.807, 2.05) is 36.5 Å². The molecule has 6 nitrogen and oxygen atoms in total. The number of thiocarbonyl (C=S) groups is 1. The predicted molar refractivity (Wildman–Crippen MR) is 134 cm³/mol. The normalized spacial score (nSPS) is 16.9. The zero-order chi connectivity index (χ0) is 22.4. The Hall–Kier alpha value is -3.19. The van der Waals surface area contributed by atoms with Crippen molar-refractivity contribution >= 4 is 29.1 Å². The summed E-state index contributed by atoms with van der Waals surface area (Å²) >= 11 is 5.68. The molecule has 0 spiro atoms. The summed E-state index contributed by atoms with van der Waals surface area (Å²) in [5.41, 5.74) is 6.38. The van der Waals surface area contributed by atoms with Gasteiger partial charge < -0.3 is 15.1 Å². The molecule has 4 heterocycles. The van der Waals surface area contributed by atoms with Crippen molar-refractivity contribution in [2.24, 2.45) is 0 Å². The molecule has 7 heteroatoms. The smallest absolute Gasteiger partial charge is 0.264 e. The second kappa shape index (κ2) is 8.30. The van der Waals surface area contributed by atoms with Gasteiger partial charge >= 0.3 is 0 Å². The van der Waals surface area contributed by atoms with E-state index in [2.05, 4.69) is 27.2 Å². The summed E-state index contributed by atoms with van der Waals surface area (Å²) in [6, 6.07) is 14.3. The summed E-state index contributed by atoms with van der Waals surface area (Å²) in [7, 11) is 0. The molecule has 1 aliphatic carbocycles. The molecule has 1 aromatic carbocycles. The molecule has 168 valence electrons. The number of carbonyl (C=O) groups is 1. The number of benzene rings is 1. The Balaban J connectivity index is 1.21. The van der Waals surface area contributed by atoms with E-state index in [-0.39, 0.29) is 5.91 Å². The van der Waals surface area contributed by atoms with Crippen LogP contribution < -0.4 is 10.2 Å². The molecule has 33 heavy (non-hydrogen) atoms. The first-order valence-corrected chi connectivity index (χ1v) is 12.2. The van der Waals surface area contributed by atoms with Crippen LogP contribution in [0.2, 0.25) is 0 Å². The lowest BCUT2D eigenvalue weighted by Crippen LogP contribution is -2.52. The minimum atomic E-state index is 0.0851. The van der Waals surface area contributed by atoms with E-state index in [0.29, 0.717) is 0 Å². The number of aromatic nitrogens is 2. The molecule has 0 atom stereocenters. The first kappa shape index (κ1) is 20.4. The molecule has 2 aliphatic heterocycles. The summed E-state index contributed by atoms with van der Waals surface area (Å²) in [5.74, 6) is 1.16. The van der Waals surface area contributed by atoms with Gasteiger partial charge in [-0.3, -0.25) is 9.36 Å². The molecule has 1 N–H and O–H groups in total. The minimum Gasteiger partial charge on any atom is -0.358 e. The highest BCUT2D eigenvalue weighted by molar-refractivity contribution is 7.80. The monoisotopic (exact) mass is 457 g/mol. The van der Waals surface area contributed by atoms with E-state index >= 15 is 0 Å². The van der Waals surface area contributed by atoms with Crippen LogP contribution in [-0.2, 0) is 19.4 Å². The van der Waals surface area contributed by atoms with Crippen molar-refractivity contribution in [3.63, 3.8) is 0 Å². The van der Waals surface area contributed by atoms with Gasteiger partial charge in [0.2, 0.25) is 0 Å². The minimum absolute atomic E-state index is 0.0851. The fourth-order valence-electron chi connectivity index (χ4n) is 5.36. The number of pyridine rings is 1. The van der Waals surface area contributed by atoms with Crippen LogP contribution in [0, 0.1) is 0 Å². The van der Waals surface area contributed by atoms with Gasteiger partial charge in [-0.25, -0.2) is 4.98 Å². The van der Waals surface area contributed by atoms with E-state index < -0.39 is 0 Å². The molecule has 0 bridgehead atoms. The van der Waals surface area contributed by atoms with Crippen LogP contribution in [0.25, 0.3) is 11.4 Å². The van der Waals surface area contributed by atoms with Crippen molar-refractivity contribution in [2.45, 2.75) is 32.2 Å². The highest BCUT2D eigenvalue weighted by atomic mass is 32.1. The third kappa shape index (κ3) is 3.51. The van der Waals surface area contributed by atoms with Gasteiger partial charge in [-0.05, 0) is 66.7 Å². The second-order valence-electron chi connectivity index (χ2n) is 9.01. The molecule has 3 aromatic rings. The topological polar surface area (TPSA) is 53.4 Å². The van der Waals surface area contributed by atoms with Crippen LogP contribution in [0.5, 0.6) is 0 Å². The first-order chi connectivity index (χ1) is 16.2. The lowest BCUT2D eigenvalue weighted by atomic mass is 9.87. The van der Waals surface area contributed by atoms with Crippen LogP contribution in [0.3, 0.4) is 0 Å². The molecule has 1 saturated heterocycles. The molecule has 0 radical (unpaired) electrons. The maximum atomic E-state index is 13.1. The number of hydrogen-bond donors (Lipinski definition) is 1. The molecule has 0 unspecified atom stereocenters. The van der Waals surface area contributed by atoms with Crippen LogP contribution in [-0.4, -0.2) is 51.6 Å². The summed E-state index contributed by atoms with van der Waals surface area (Å²) in [5, 5.41) is 4.21. The highest BCUT2D eigenvalue weighted by Gasteiger charge is 2.35. The number of hydrogen-bond acceptors (Lipinski definition) is 4. The third-order valence-corrected chi connectivity index (χ3v) is 7.47. The van der Waals surface area contributed by atoms with E-state index in [0.717, 1.165) is 86.3 Å². The standard InChI is InChI=1S/C26H27N5OS/c32-25-22-19-9-4-5-10-20(19)24(28-23(22)21-11-6-12-31(21)25)29-13-15-30(16-14-29)26(33)27-17-18-7-2-1-3-8-18/h1-3,6-8,11-12H,4-5,9-10,13-17H2,(H,27,33). The Bertz CT molecular complexity index is 1230. The number of nitrogens with zero attached hydrogens (tertiary/aromatic N) is 4. The van der Waals surface area contributed by atoms with Crippen LogP contribution >= 0.6 is 12.2 Å². The van der Waals surface area contributed by atoms with Gasteiger partial charge in [-0.2, -0.15) is 0 Å². The Kier molecular flexibility index (Phi) is 5.14. The zero-order valence-electron chi connectivity index (χ0n) is 18.6. The van der Waals surface area contributed by atoms with Gasteiger partial charge in [0.25, 0.3) is 5.91 Å². The third-order valence-electron chi connectivity index (χ3n) is 7.07. The molecular formula is C26H27N5OS. The van der Waals surface area contributed by atoms with Crippen LogP contribution in [0.15, 0.2) is 48.7 Å². The zero-order valence-corrected chi connectivity index (χ0v) is 19.4. The number of nitrogens with one attached hydrogen (secondary N) is 1. The number of carbonyl (C=O) groups excluding carboxylic acids is 1. The van der Waals surface area contributed by atoms with Gasteiger partial charge in [-0.1, -0.05) is 30.3 Å². The number of anilines is 1. The largest absolute Gasteiger partial charge is 0.358 e. The molecule has 3 aliphatic rings. The Morgan fingerprint density at radius 2 is 1.73 bits per heavy atom. The lowest BCUT2D eigenvalue weighted by molar-refractivity contribution is 0.0968. The maximum absolute atomic E-state index is 13.1. The summed E-state index contributed by atoms with van der Waals surface area (Å²) in [6.45, 7) is 4.22. The molecule has 6 rings (SSSR count). The molecule has 0 saturated carbocycles. The Morgan fingerprint density at radius 3 is 2.52 bits per heavy atom. The predicted octanol–water partition coefficient (Wildman–Crippen LogP) is 3.63. The lowest BCUT2D eigenvalue weighted by Gasteiger charge is -2.38. The quantitative estimate of drug-likeness (QED) is 0.474. The van der Waals surface area contributed by atoms with Crippen molar-refractivity contribution in [1.82, 2.24) is 19.8 Å². The Labute approximate surface area is 199 Å². The van der Waals surface area contributed by atoms with Crippen molar-refractivity contribution in [3.8, 4) is 11.4 Å². The average molecular weight is 458 g/mol. The van der Waals surface area contributed by atoms with Gasteiger partial charge in [0.1, 0.15) is 11.5 Å². The molecular weight excluding hydrogens is 430 g/mol.